The predicted octanol–water partition coefficient (Wildman–Crippen LogP) is 5.91. The van der Waals surface area contributed by atoms with Crippen molar-refractivity contribution in [1.82, 2.24) is 0 Å². The Labute approximate surface area is 167 Å². The van der Waals surface area contributed by atoms with Gasteiger partial charge >= 0.3 is 0 Å². The van der Waals surface area contributed by atoms with Gasteiger partial charge in [0.05, 0.1) is 10.6 Å². The fourth-order valence-corrected chi connectivity index (χ4v) is 3.87. The van der Waals surface area contributed by atoms with Crippen LogP contribution in [0.5, 0.6) is 0 Å². The highest BCUT2D eigenvalue weighted by atomic mass is 32.2. The van der Waals surface area contributed by atoms with Crippen molar-refractivity contribution in [2.24, 2.45) is 0 Å². The van der Waals surface area contributed by atoms with Crippen LogP contribution in [0.1, 0.15) is 23.6 Å². The lowest BCUT2D eigenvalue weighted by Crippen LogP contribution is -2.14. The molecular weight excluding hydrogens is 366 g/mol. The van der Waals surface area contributed by atoms with E-state index in [2.05, 4.69) is 4.72 Å². The fourth-order valence-electron chi connectivity index (χ4n) is 2.79. The number of aryl methyl sites for hydroxylation is 1. The van der Waals surface area contributed by atoms with E-state index in [1.807, 2.05) is 80.6 Å². The minimum Gasteiger partial charge on any atom is -0.279 e. The Hall–Kier alpha value is -3.11. The van der Waals surface area contributed by atoms with Crippen LogP contribution < -0.4 is 4.72 Å². The number of benzene rings is 3. The van der Waals surface area contributed by atoms with Crippen LogP contribution in [0, 0.1) is 6.92 Å². The van der Waals surface area contributed by atoms with Crippen LogP contribution in [-0.2, 0) is 10.0 Å². The minimum absolute atomic E-state index is 0.249. The molecule has 0 aromatic heterocycles. The highest BCUT2D eigenvalue weighted by Crippen LogP contribution is 2.26. The van der Waals surface area contributed by atoms with Gasteiger partial charge in [0.2, 0.25) is 0 Å². The van der Waals surface area contributed by atoms with Crippen LogP contribution in [-0.4, -0.2) is 8.42 Å². The van der Waals surface area contributed by atoms with Gasteiger partial charge in [-0.3, -0.25) is 4.72 Å². The van der Waals surface area contributed by atoms with E-state index < -0.39 is 10.0 Å². The molecule has 3 rings (SSSR count). The van der Waals surface area contributed by atoms with Gasteiger partial charge < -0.3 is 0 Å². The highest BCUT2D eigenvalue weighted by molar-refractivity contribution is 7.92. The van der Waals surface area contributed by atoms with Crippen LogP contribution in [0.3, 0.4) is 0 Å². The smallest absolute Gasteiger partial charge is 0.261 e. The number of para-hydroxylation sites is 1. The zero-order chi connectivity index (χ0) is 20.0. The Bertz CT molecular complexity index is 1100. The summed E-state index contributed by atoms with van der Waals surface area (Å²) < 4.78 is 28.2. The second-order valence-corrected chi connectivity index (χ2v) is 8.27. The topological polar surface area (TPSA) is 46.2 Å². The van der Waals surface area contributed by atoms with E-state index in [0.29, 0.717) is 5.69 Å². The SMILES string of the molecule is C/C(=C\C=C\c1ccccc1)c1ccccc1NS(=O)(=O)c1ccc(C)cc1. The zero-order valence-corrected chi connectivity index (χ0v) is 16.8. The third-order valence-electron chi connectivity index (χ3n) is 4.36. The molecular formula is C24H23NO2S. The first-order chi connectivity index (χ1) is 13.5. The highest BCUT2D eigenvalue weighted by Gasteiger charge is 2.16. The van der Waals surface area contributed by atoms with Gasteiger partial charge in [0.1, 0.15) is 0 Å². The number of hydrogen-bond acceptors (Lipinski definition) is 2. The summed E-state index contributed by atoms with van der Waals surface area (Å²) in [6.07, 6.45) is 5.96. The quantitative estimate of drug-likeness (QED) is 0.533. The van der Waals surface area contributed by atoms with E-state index in [4.69, 9.17) is 0 Å². The summed E-state index contributed by atoms with van der Waals surface area (Å²) in [7, 11) is -3.64. The summed E-state index contributed by atoms with van der Waals surface area (Å²) in [6.45, 7) is 3.89. The maximum atomic E-state index is 12.7. The summed E-state index contributed by atoms with van der Waals surface area (Å²) in [4.78, 5) is 0.249. The lowest BCUT2D eigenvalue weighted by atomic mass is 10.0. The molecule has 3 aromatic carbocycles. The van der Waals surface area contributed by atoms with E-state index in [9.17, 15) is 8.42 Å². The monoisotopic (exact) mass is 389 g/mol. The predicted molar refractivity (Wildman–Crippen MR) is 118 cm³/mol. The van der Waals surface area contributed by atoms with Crippen molar-refractivity contribution in [3.8, 4) is 0 Å². The molecule has 4 heteroatoms. The molecule has 0 saturated heterocycles. The Kier molecular flexibility index (Phi) is 6.12. The molecule has 0 unspecified atom stereocenters. The molecule has 1 N–H and O–H groups in total. The van der Waals surface area contributed by atoms with Gasteiger partial charge in [0, 0.05) is 5.56 Å². The Morgan fingerprint density at radius 3 is 2.21 bits per heavy atom. The van der Waals surface area contributed by atoms with Gasteiger partial charge in [-0.05, 0) is 43.2 Å². The molecule has 28 heavy (non-hydrogen) atoms. The molecule has 0 bridgehead atoms. The number of nitrogens with one attached hydrogen (secondary N) is 1. The number of sulfonamides is 1. The third kappa shape index (κ3) is 4.99. The molecule has 0 amide bonds. The largest absolute Gasteiger partial charge is 0.279 e. The number of rotatable bonds is 6. The van der Waals surface area contributed by atoms with E-state index in [1.165, 1.54) is 0 Å². The minimum atomic E-state index is -3.64. The Morgan fingerprint density at radius 1 is 0.857 bits per heavy atom. The molecule has 0 heterocycles. The molecule has 0 atom stereocenters. The zero-order valence-electron chi connectivity index (χ0n) is 16.0. The lowest BCUT2D eigenvalue weighted by molar-refractivity contribution is 0.601. The van der Waals surface area contributed by atoms with E-state index in [1.54, 1.807) is 30.3 Å². The van der Waals surface area contributed by atoms with E-state index in [-0.39, 0.29) is 4.90 Å². The average Bonchev–Trinajstić information content (AvgIpc) is 2.69. The summed E-state index contributed by atoms with van der Waals surface area (Å²) in [6, 6.07) is 24.3. The molecule has 142 valence electrons. The normalized spacial score (nSPS) is 12.3. The average molecular weight is 390 g/mol. The molecule has 0 aliphatic carbocycles. The van der Waals surface area contributed by atoms with Gasteiger partial charge in [-0.25, -0.2) is 8.42 Å². The van der Waals surface area contributed by atoms with Gasteiger partial charge in [0.15, 0.2) is 0 Å². The summed E-state index contributed by atoms with van der Waals surface area (Å²) in [5, 5.41) is 0. The maximum Gasteiger partial charge on any atom is 0.261 e. The molecule has 0 radical (unpaired) electrons. The molecule has 0 spiro atoms. The standard InChI is InChI=1S/C24H23NO2S/c1-19-15-17-22(18-16-19)28(26,27)25-24-14-7-6-13-23(24)20(2)9-8-12-21-10-4-3-5-11-21/h3-18,25H,1-2H3/b12-8+,20-9+. The van der Waals surface area contributed by atoms with Crippen molar-refractivity contribution in [3.05, 3.63) is 108 Å². The van der Waals surface area contributed by atoms with Crippen molar-refractivity contribution in [3.63, 3.8) is 0 Å². The van der Waals surface area contributed by atoms with Crippen molar-refractivity contribution in [2.45, 2.75) is 18.7 Å². The van der Waals surface area contributed by atoms with Crippen LogP contribution in [0.4, 0.5) is 5.69 Å². The Balaban J connectivity index is 1.85. The van der Waals surface area contributed by atoms with Crippen LogP contribution in [0.2, 0.25) is 0 Å². The first kappa shape index (κ1) is 19.6. The third-order valence-corrected chi connectivity index (χ3v) is 5.74. The maximum absolute atomic E-state index is 12.7. The first-order valence-electron chi connectivity index (χ1n) is 9.04. The van der Waals surface area contributed by atoms with Gasteiger partial charge in [-0.1, -0.05) is 84.5 Å². The van der Waals surface area contributed by atoms with Crippen molar-refractivity contribution in [1.29, 1.82) is 0 Å². The second kappa shape index (κ2) is 8.72. The van der Waals surface area contributed by atoms with Crippen LogP contribution in [0.15, 0.2) is 95.9 Å². The molecule has 0 aliphatic heterocycles. The Morgan fingerprint density at radius 2 is 1.50 bits per heavy atom. The fraction of sp³-hybridized carbons (Fsp3) is 0.0833. The van der Waals surface area contributed by atoms with Crippen LogP contribution in [0.25, 0.3) is 11.6 Å². The molecule has 3 aromatic rings. The summed E-state index contributed by atoms with van der Waals surface area (Å²) >= 11 is 0. The number of hydrogen-bond donors (Lipinski definition) is 1. The van der Waals surface area contributed by atoms with E-state index in [0.717, 1.165) is 22.3 Å². The molecule has 3 nitrogen and oxygen atoms in total. The summed E-state index contributed by atoms with van der Waals surface area (Å²) in [5.41, 5.74) is 4.50. The molecule has 0 aliphatic rings. The molecule has 0 fully saturated rings. The summed E-state index contributed by atoms with van der Waals surface area (Å²) in [5.74, 6) is 0. The van der Waals surface area contributed by atoms with Crippen LogP contribution >= 0.6 is 0 Å². The second-order valence-electron chi connectivity index (χ2n) is 6.58. The van der Waals surface area contributed by atoms with Gasteiger partial charge in [0.25, 0.3) is 10.0 Å². The number of anilines is 1. The van der Waals surface area contributed by atoms with Crippen molar-refractivity contribution in [2.75, 3.05) is 4.72 Å². The van der Waals surface area contributed by atoms with Gasteiger partial charge in [-0.2, -0.15) is 0 Å². The van der Waals surface area contributed by atoms with Gasteiger partial charge in [-0.15, -0.1) is 0 Å². The number of allylic oxidation sites excluding steroid dienone is 3. The molecule has 0 saturated carbocycles. The van der Waals surface area contributed by atoms with Crippen molar-refractivity contribution >= 4 is 27.4 Å². The lowest BCUT2D eigenvalue weighted by Gasteiger charge is -2.13. The van der Waals surface area contributed by atoms with E-state index >= 15 is 0 Å². The first-order valence-corrected chi connectivity index (χ1v) is 10.5. The van der Waals surface area contributed by atoms with Crippen molar-refractivity contribution < 1.29 is 8.42 Å².